The van der Waals surface area contributed by atoms with Crippen LogP contribution in [0.25, 0.3) is 0 Å². The minimum absolute atomic E-state index is 0.0481. The molecule has 0 spiro atoms. The number of amides is 1. The van der Waals surface area contributed by atoms with Crippen LogP contribution in [0.5, 0.6) is 5.75 Å². The number of phenols is 1. The van der Waals surface area contributed by atoms with Crippen molar-refractivity contribution in [2.45, 2.75) is 6.42 Å². The van der Waals surface area contributed by atoms with Gasteiger partial charge in [0.2, 0.25) is 0 Å². The molecular weight excluding hydrogens is 245 g/mol. The van der Waals surface area contributed by atoms with Crippen molar-refractivity contribution in [1.29, 1.82) is 0 Å². The van der Waals surface area contributed by atoms with Gasteiger partial charge < -0.3 is 10.4 Å². The molecule has 0 unspecified atom stereocenters. The number of phenolic OH excluding ortho intramolecular Hbond substituents is 1. The Kier molecular flexibility index (Phi) is 4.13. The van der Waals surface area contributed by atoms with E-state index >= 15 is 0 Å². The SMILES string of the molecule is O=C(NCCc1ccccc1)c1cc(F)ccc1O. The summed E-state index contributed by atoms with van der Waals surface area (Å²) >= 11 is 0. The highest BCUT2D eigenvalue weighted by atomic mass is 19.1. The quantitative estimate of drug-likeness (QED) is 0.886. The number of nitrogens with one attached hydrogen (secondary N) is 1. The van der Waals surface area contributed by atoms with Crippen molar-refractivity contribution in [3.63, 3.8) is 0 Å². The minimum atomic E-state index is -0.550. The maximum Gasteiger partial charge on any atom is 0.255 e. The smallest absolute Gasteiger partial charge is 0.255 e. The van der Waals surface area contributed by atoms with Gasteiger partial charge >= 0.3 is 0 Å². The molecule has 2 aromatic carbocycles. The fourth-order valence-corrected chi connectivity index (χ4v) is 1.75. The normalized spacial score (nSPS) is 10.2. The zero-order valence-electron chi connectivity index (χ0n) is 10.3. The molecule has 0 heterocycles. The first-order valence-corrected chi connectivity index (χ1v) is 5.97. The van der Waals surface area contributed by atoms with Crippen molar-refractivity contribution < 1.29 is 14.3 Å². The van der Waals surface area contributed by atoms with Crippen LogP contribution in [-0.2, 0) is 6.42 Å². The van der Waals surface area contributed by atoms with E-state index in [9.17, 15) is 14.3 Å². The van der Waals surface area contributed by atoms with E-state index in [0.717, 1.165) is 17.7 Å². The molecule has 0 aliphatic heterocycles. The van der Waals surface area contributed by atoms with Crippen LogP contribution in [0.15, 0.2) is 48.5 Å². The predicted octanol–water partition coefficient (Wildman–Crippen LogP) is 2.50. The van der Waals surface area contributed by atoms with Gasteiger partial charge in [-0.3, -0.25) is 4.79 Å². The molecule has 0 saturated heterocycles. The summed E-state index contributed by atoms with van der Waals surface area (Å²) in [6.07, 6.45) is 0.683. The molecule has 0 radical (unpaired) electrons. The molecular formula is C15H14FNO2. The van der Waals surface area contributed by atoms with E-state index < -0.39 is 11.7 Å². The topological polar surface area (TPSA) is 49.3 Å². The second-order valence-corrected chi connectivity index (χ2v) is 4.15. The van der Waals surface area contributed by atoms with E-state index in [1.165, 1.54) is 6.07 Å². The van der Waals surface area contributed by atoms with Crippen molar-refractivity contribution >= 4 is 5.91 Å². The van der Waals surface area contributed by atoms with Crippen LogP contribution in [0.3, 0.4) is 0 Å². The van der Waals surface area contributed by atoms with E-state index in [0.29, 0.717) is 13.0 Å². The van der Waals surface area contributed by atoms with Gasteiger partial charge in [-0.15, -0.1) is 0 Å². The number of halogens is 1. The molecule has 0 aliphatic carbocycles. The molecule has 19 heavy (non-hydrogen) atoms. The van der Waals surface area contributed by atoms with E-state index in [1.54, 1.807) is 0 Å². The van der Waals surface area contributed by atoms with Crippen LogP contribution >= 0.6 is 0 Å². The molecule has 0 atom stereocenters. The maximum absolute atomic E-state index is 13.0. The number of carbonyl (C=O) groups is 1. The summed E-state index contributed by atoms with van der Waals surface area (Å²) in [6, 6.07) is 13.0. The van der Waals surface area contributed by atoms with Gasteiger partial charge in [0.25, 0.3) is 5.91 Å². The lowest BCUT2D eigenvalue weighted by molar-refractivity contribution is 0.0951. The molecule has 0 fully saturated rings. The molecule has 0 aromatic heterocycles. The summed E-state index contributed by atoms with van der Waals surface area (Å²) in [5.41, 5.74) is 1.05. The summed E-state index contributed by atoms with van der Waals surface area (Å²) in [5, 5.41) is 12.1. The van der Waals surface area contributed by atoms with Crippen LogP contribution < -0.4 is 5.32 Å². The van der Waals surface area contributed by atoms with E-state index in [4.69, 9.17) is 0 Å². The summed E-state index contributed by atoms with van der Waals surface area (Å²) in [5.74, 6) is -1.25. The molecule has 98 valence electrons. The summed E-state index contributed by atoms with van der Waals surface area (Å²) < 4.78 is 13.0. The lowest BCUT2D eigenvalue weighted by Gasteiger charge is -2.07. The number of hydrogen-bond acceptors (Lipinski definition) is 2. The van der Waals surface area contributed by atoms with Gasteiger partial charge in [0.1, 0.15) is 11.6 Å². The summed E-state index contributed by atoms with van der Waals surface area (Å²) in [6.45, 7) is 0.429. The zero-order chi connectivity index (χ0) is 13.7. The minimum Gasteiger partial charge on any atom is -0.507 e. The second-order valence-electron chi connectivity index (χ2n) is 4.15. The third-order valence-corrected chi connectivity index (χ3v) is 2.75. The Morgan fingerprint density at radius 3 is 2.63 bits per heavy atom. The molecule has 0 aliphatic rings. The second kappa shape index (κ2) is 6.00. The van der Waals surface area contributed by atoms with Gasteiger partial charge in [-0.05, 0) is 30.2 Å². The van der Waals surface area contributed by atoms with Crippen molar-refractivity contribution in [3.05, 3.63) is 65.5 Å². The Morgan fingerprint density at radius 2 is 1.89 bits per heavy atom. The third-order valence-electron chi connectivity index (χ3n) is 2.75. The number of hydrogen-bond donors (Lipinski definition) is 2. The molecule has 2 rings (SSSR count). The van der Waals surface area contributed by atoms with E-state index in [2.05, 4.69) is 5.32 Å². The van der Waals surface area contributed by atoms with E-state index in [-0.39, 0.29) is 11.3 Å². The first-order valence-electron chi connectivity index (χ1n) is 5.97. The Morgan fingerprint density at radius 1 is 1.16 bits per heavy atom. The average Bonchev–Trinajstić information content (AvgIpc) is 2.42. The lowest BCUT2D eigenvalue weighted by atomic mass is 10.1. The number of rotatable bonds is 4. The van der Waals surface area contributed by atoms with Crippen molar-refractivity contribution in [2.24, 2.45) is 0 Å². The first-order chi connectivity index (χ1) is 9.16. The Hall–Kier alpha value is -2.36. The van der Waals surface area contributed by atoms with Gasteiger partial charge in [-0.1, -0.05) is 30.3 Å². The first kappa shape index (κ1) is 13.1. The maximum atomic E-state index is 13.0. The summed E-state index contributed by atoms with van der Waals surface area (Å²) in [7, 11) is 0. The predicted molar refractivity (Wildman–Crippen MR) is 70.5 cm³/mol. The van der Waals surface area contributed by atoms with Crippen LogP contribution in [0, 0.1) is 5.82 Å². The van der Waals surface area contributed by atoms with Crippen LogP contribution in [0.2, 0.25) is 0 Å². The van der Waals surface area contributed by atoms with Crippen LogP contribution in [0.4, 0.5) is 4.39 Å². The fraction of sp³-hybridized carbons (Fsp3) is 0.133. The average molecular weight is 259 g/mol. The van der Waals surface area contributed by atoms with Gasteiger partial charge in [-0.25, -0.2) is 4.39 Å². The molecule has 0 bridgehead atoms. The van der Waals surface area contributed by atoms with Crippen LogP contribution in [-0.4, -0.2) is 17.6 Å². The molecule has 4 heteroatoms. The van der Waals surface area contributed by atoms with Gasteiger partial charge in [0, 0.05) is 6.54 Å². The van der Waals surface area contributed by atoms with Crippen molar-refractivity contribution in [1.82, 2.24) is 5.32 Å². The Balaban J connectivity index is 1.93. The molecule has 3 nitrogen and oxygen atoms in total. The Bertz CT molecular complexity index is 570. The number of aromatic hydroxyl groups is 1. The number of carbonyl (C=O) groups excluding carboxylic acids is 1. The molecule has 2 N–H and O–H groups in total. The lowest BCUT2D eigenvalue weighted by Crippen LogP contribution is -2.25. The molecule has 1 amide bonds. The largest absolute Gasteiger partial charge is 0.507 e. The molecule has 0 saturated carbocycles. The highest BCUT2D eigenvalue weighted by Crippen LogP contribution is 2.17. The standard InChI is InChI=1S/C15H14FNO2/c16-12-6-7-14(18)13(10-12)15(19)17-9-8-11-4-2-1-3-5-11/h1-7,10,18H,8-9H2,(H,17,19). The summed E-state index contributed by atoms with van der Waals surface area (Å²) in [4.78, 5) is 11.8. The highest BCUT2D eigenvalue weighted by molar-refractivity contribution is 5.96. The third kappa shape index (κ3) is 3.55. The molecule has 2 aromatic rings. The number of benzene rings is 2. The monoisotopic (exact) mass is 259 g/mol. The van der Waals surface area contributed by atoms with Gasteiger partial charge in [-0.2, -0.15) is 0 Å². The van der Waals surface area contributed by atoms with Gasteiger partial charge in [0.15, 0.2) is 0 Å². The fourth-order valence-electron chi connectivity index (χ4n) is 1.75. The van der Waals surface area contributed by atoms with Crippen LogP contribution in [0.1, 0.15) is 15.9 Å². The van der Waals surface area contributed by atoms with Gasteiger partial charge in [0.05, 0.1) is 5.56 Å². The van der Waals surface area contributed by atoms with E-state index in [1.807, 2.05) is 30.3 Å². The highest BCUT2D eigenvalue weighted by Gasteiger charge is 2.11. The Labute approximate surface area is 110 Å². The zero-order valence-corrected chi connectivity index (χ0v) is 10.3. The van der Waals surface area contributed by atoms with Crippen molar-refractivity contribution in [2.75, 3.05) is 6.54 Å². The van der Waals surface area contributed by atoms with Crippen molar-refractivity contribution in [3.8, 4) is 5.75 Å².